The number of halogens is 2. The fraction of sp³-hybridized carbons (Fsp3) is 0.200. The molecule has 0 amide bonds. The summed E-state index contributed by atoms with van der Waals surface area (Å²) in [5, 5.41) is 0.852. The maximum atomic E-state index is 12.4. The summed E-state index contributed by atoms with van der Waals surface area (Å²) in [5.74, 6) is 1.08. The maximum absolute atomic E-state index is 12.4. The van der Waals surface area contributed by atoms with Crippen molar-refractivity contribution >= 4 is 34.0 Å². The lowest BCUT2D eigenvalue weighted by Crippen LogP contribution is -2.02. The van der Waals surface area contributed by atoms with E-state index in [0.29, 0.717) is 33.0 Å². The van der Waals surface area contributed by atoms with Crippen LogP contribution >= 0.6 is 23.2 Å². The van der Waals surface area contributed by atoms with Crippen LogP contribution in [0, 0.1) is 0 Å². The Bertz CT molecular complexity index is 677. The number of hydrogen-bond donors (Lipinski definition) is 1. The molecule has 6 heteroatoms. The van der Waals surface area contributed by atoms with Gasteiger partial charge in [0, 0.05) is 17.0 Å². The summed E-state index contributed by atoms with van der Waals surface area (Å²) in [6.07, 6.45) is 0. The molecule has 2 rings (SSSR count). The third-order valence-corrected chi connectivity index (χ3v) is 5.14. The van der Waals surface area contributed by atoms with Crippen molar-refractivity contribution in [1.82, 2.24) is 0 Å². The van der Waals surface area contributed by atoms with Crippen molar-refractivity contribution < 1.29 is 8.95 Å². The lowest BCUT2D eigenvalue weighted by molar-refractivity contribution is 0.409. The molecule has 0 saturated carbocycles. The van der Waals surface area contributed by atoms with E-state index in [1.807, 2.05) is 18.2 Å². The zero-order valence-corrected chi connectivity index (χ0v) is 13.8. The Morgan fingerprint density at radius 3 is 2.52 bits per heavy atom. The van der Waals surface area contributed by atoms with Gasteiger partial charge in [-0.05, 0) is 29.8 Å². The van der Waals surface area contributed by atoms with Gasteiger partial charge in [-0.1, -0.05) is 35.3 Å². The molecule has 0 aromatic heterocycles. The van der Waals surface area contributed by atoms with Gasteiger partial charge in [-0.2, -0.15) is 0 Å². The van der Waals surface area contributed by atoms with Gasteiger partial charge < -0.3 is 10.5 Å². The third kappa shape index (κ3) is 3.98. The Balaban J connectivity index is 2.21. The van der Waals surface area contributed by atoms with Crippen molar-refractivity contribution in [3.05, 3.63) is 57.6 Å². The summed E-state index contributed by atoms with van der Waals surface area (Å²) >= 11 is 11.8. The van der Waals surface area contributed by atoms with E-state index in [1.54, 1.807) is 25.3 Å². The van der Waals surface area contributed by atoms with Crippen LogP contribution in [0.5, 0.6) is 5.75 Å². The van der Waals surface area contributed by atoms with Gasteiger partial charge in [0.1, 0.15) is 5.75 Å². The number of ether oxygens (including phenoxy) is 1. The number of nitrogens with two attached hydrogens (primary N) is 1. The molecule has 1 atom stereocenters. The van der Waals surface area contributed by atoms with Crippen LogP contribution in [0.1, 0.15) is 11.1 Å². The SMILES string of the molecule is COc1cc(CS(=O)c2ccc(Cl)c(Cl)c2)ccc1CN. The van der Waals surface area contributed by atoms with Gasteiger partial charge in [-0.3, -0.25) is 4.21 Å². The molecule has 0 fully saturated rings. The van der Waals surface area contributed by atoms with Gasteiger partial charge in [0.25, 0.3) is 0 Å². The first-order chi connectivity index (χ1) is 10.0. The first kappa shape index (κ1) is 16.3. The molecule has 112 valence electrons. The van der Waals surface area contributed by atoms with Gasteiger partial charge in [0.15, 0.2) is 0 Å². The molecule has 2 N–H and O–H groups in total. The second kappa shape index (κ2) is 7.27. The zero-order chi connectivity index (χ0) is 15.4. The van der Waals surface area contributed by atoms with Crippen molar-refractivity contribution in [2.24, 2.45) is 5.73 Å². The Hall–Kier alpha value is -1.07. The second-order valence-corrected chi connectivity index (χ2v) is 6.68. The summed E-state index contributed by atoms with van der Waals surface area (Å²) in [4.78, 5) is 0.645. The van der Waals surface area contributed by atoms with Gasteiger partial charge in [-0.25, -0.2) is 0 Å². The summed E-state index contributed by atoms with van der Waals surface area (Å²) in [5.41, 5.74) is 7.46. The van der Waals surface area contributed by atoms with Crippen molar-refractivity contribution in [3.63, 3.8) is 0 Å². The Labute approximate surface area is 136 Å². The van der Waals surface area contributed by atoms with E-state index in [1.165, 1.54) is 0 Å². The van der Waals surface area contributed by atoms with Gasteiger partial charge in [0.05, 0.1) is 33.7 Å². The fourth-order valence-corrected chi connectivity index (χ4v) is 3.38. The average molecular weight is 344 g/mol. The smallest absolute Gasteiger partial charge is 0.123 e. The number of methoxy groups -OCH3 is 1. The molecule has 0 radical (unpaired) electrons. The molecule has 3 nitrogen and oxygen atoms in total. The molecule has 21 heavy (non-hydrogen) atoms. The summed E-state index contributed by atoms with van der Waals surface area (Å²) < 4.78 is 17.7. The minimum atomic E-state index is -1.20. The number of rotatable bonds is 5. The molecule has 2 aromatic carbocycles. The van der Waals surface area contributed by atoms with Crippen LogP contribution in [0.4, 0.5) is 0 Å². The lowest BCUT2D eigenvalue weighted by Gasteiger charge is -2.09. The zero-order valence-electron chi connectivity index (χ0n) is 11.4. The summed E-state index contributed by atoms with van der Waals surface area (Å²) in [6.45, 7) is 0.402. The van der Waals surface area contributed by atoms with E-state index in [9.17, 15) is 4.21 Å². The van der Waals surface area contributed by atoms with Crippen LogP contribution in [-0.2, 0) is 23.1 Å². The largest absolute Gasteiger partial charge is 0.496 e. The van der Waals surface area contributed by atoms with E-state index in [-0.39, 0.29) is 0 Å². The van der Waals surface area contributed by atoms with Crippen molar-refractivity contribution in [3.8, 4) is 5.75 Å². The molecular formula is C15H15Cl2NO2S. The highest BCUT2D eigenvalue weighted by Gasteiger charge is 2.10. The van der Waals surface area contributed by atoms with E-state index in [2.05, 4.69) is 0 Å². The molecule has 0 saturated heterocycles. The van der Waals surface area contributed by atoms with Crippen LogP contribution in [0.15, 0.2) is 41.3 Å². The maximum Gasteiger partial charge on any atom is 0.123 e. The molecule has 0 aliphatic carbocycles. The van der Waals surface area contributed by atoms with Crippen molar-refractivity contribution in [1.29, 1.82) is 0 Å². The highest BCUT2D eigenvalue weighted by atomic mass is 35.5. The second-order valence-electron chi connectivity index (χ2n) is 4.42. The first-order valence-electron chi connectivity index (χ1n) is 6.24. The lowest BCUT2D eigenvalue weighted by atomic mass is 10.1. The predicted octanol–water partition coefficient (Wildman–Crippen LogP) is 3.77. The molecule has 0 aliphatic heterocycles. The highest BCUT2D eigenvalue weighted by Crippen LogP contribution is 2.26. The highest BCUT2D eigenvalue weighted by molar-refractivity contribution is 7.84. The van der Waals surface area contributed by atoms with E-state index >= 15 is 0 Å². The minimum Gasteiger partial charge on any atom is -0.496 e. The molecular weight excluding hydrogens is 329 g/mol. The minimum absolute atomic E-state index is 0.374. The van der Waals surface area contributed by atoms with Gasteiger partial charge in [-0.15, -0.1) is 0 Å². The van der Waals surface area contributed by atoms with Gasteiger partial charge >= 0.3 is 0 Å². The molecule has 0 spiro atoms. The van der Waals surface area contributed by atoms with E-state index < -0.39 is 10.8 Å². The van der Waals surface area contributed by atoms with Crippen LogP contribution in [0.3, 0.4) is 0 Å². The molecule has 0 heterocycles. The molecule has 2 aromatic rings. The molecule has 0 bridgehead atoms. The number of hydrogen-bond acceptors (Lipinski definition) is 3. The average Bonchev–Trinajstić information content (AvgIpc) is 2.49. The third-order valence-electron chi connectivity index (χ3n) is 3.02. The predicted molar refractivity (Wildman–Crippen MR) is 87.5 cm³/mol. The van der Waals surface area contributed by atoms with Gasteiger partial charge in [0.2, 0.25) is 0 Å². The van der Waals surface area contributed by atoms with Crippen LogP contribution in [-0.4, -0.2) is 11.3 Å². The summed E-state index contributed by atoms with van der Waals surface area (Å²) in [7, 11) is 0.390. The Kier molecular flexibility index (Phi) is 5.65. The first-order valence-corrected chi connectivity index (χ1v) is 8.32. The van der Waals surface area contributed by atoms with Crippen molar-refractivity contribution in [2.45, 2.75) is 17.2 Å². The number of benzene rings is 2. The van der Waals surface area contributed by atoms with Crippen LogP contribution in [0.25, 0.3) is 0 Å². The molecule has 0 aliphatic rings. The summed E-state index contributed by atoms with van der Waals surface area (Å²) in [6, 6.07) is 10.6. The monoisotopic (exact) mass is 343 g/mol. The van der Waals surface area contributed by atoms with Crippen LogP contribution < -0.4 is 10.5 Å². The van der Waals surface area contributed by atoms with Crippen LogP contribution in [0.2, 0.25) is 10.0 Å². The normalized spacial score (nSPS) is 12.2. The standard InChI is InChI=1S/C15H15Cl2NO2S/c1-20-15-6-10(2-3-11(15)8-18)9-21(19)12-4-5-13(16)14(17)7-12/h2-7H,8-9,18H2,1H3. The fourth-order valence-electron chi connectivity index (χ4n) is 1.90. The molecule has 1 unspecified atom stereocenters. The van der Waals surface area contributed by atoms with E-state index in [0.717, 1.165) is 11.1 Å². The Morgan fingerprint density at radius 2 is 1.90 bits per heavy atom. The Morgan fingerprint density at radius 1 is 1.14 bits per heavy atom. The van der Waals surface area contributed by atoms with E-state index in [4.69, 9.17) is 33.7 Å². The van der Waals surface area contributed by atoms with Crippen molar-refractivity contribution in [2.75, 3.05) is 7.11 Å². The topological polar surface area (TPSA) is 52.3 Å². The quantitative estimate of drug-likeness (QED) is 0.898.